The topological polar surface area (TPSA) is 77.4 Å². The van der Waals surface area contributed by atoms with Crippen molar-refractivity contribution in [1.82, 2.24) is 15.1 Å². The van der Waals surface area contributed by atoms with Crippen LogP contribution in [0.4, 0.5) is 10.5 Å². The molecule has 2 aromatic carbocycles. The Hall–Kier alpha value is -3.48. The van der Waals surface area contributed by atoms with Crippen molar-refractivity contribution >= 4 is 11.7 Å². The first kappa shape index (κ1) is 17.0. The van der Waals surface area contributed by atoms with Crippen LogP contribution in [0.2, 0.25) is 0 Å². The van der Waals surface area contributed by atoms with Crippen molar-refractivity contribution in [2.75, 3.05) is 25.1 Å². The number of fused-ring (bicyclic) bond motifs is 1. The Morgan fingerprint density at radius 3 is 2.67 bits per heavy atom. The molecule has 2 heterocycles. The lowest BCUT2D eigenvalue weighted by Gasteiger charge is -2.19. The Bertz CT molecular complexity index is 907. The monoisotopic (exact) mass is 364 g/mol. The van der Waals surface area contributed by atoms with Gasteiger partial charge in [-0.3, -0.25) is 0 Å². The number of hydrogen-bond donors (Lipinski definition) is 2. The fourth-order valence-corrected chi connectivity index (χ4v) is 2.85. The highest BCUT2D eigenvalue weighted by Crippen LogP contribution is 2.32. The lowest BCUT2D eigenvalue weighted by atomic mass is 10.1. The molecular formula is C20H20N4O3. The predicted molar refractivity (Wildman–Crippen MR) is 102 cm³/mol. The van der Waals surface area contributed by atoms with Gasteiger partial charge in [-0.25, -0.2) is 9.48 Å². The molecule has 2 N–H and O–H groups in total. The highest BCUT2D eigenvalue weighted by molar-refractivity contribution is 5.89. The number of carbonyl (C=O) groups is 1. The Balaban J connectivity index is 1.26. The first-order chi connectivity index (χ1) is 13.3. The molecule has 0 fully saturated rings. The summed E-state index contributed by atoms with van der Waals surface area (Å²) in [6.45, 7) is 1.60. The fraction of sp³-hybridized carbons (Fsp3) is 0.200. The van der Waals surface area contributed by atoms with Crippen molar-refractivity contribution in [3.8, 4) is 17.2 Å². The second kappa shape index (κ2) is 7.82. The molecule has 0 atom stereocenters. The van der Waals surface area contributed by atoms with Crippen molar-refractivity contribution in [3.05, 3.63) is 66.5 Å². The number of anilines is 1. The maximum Gasteiger partial charge on any atom is 0.319 e. The molecule has 0 aliphatic carbocycles. The molecule has 1 aliphatic heterocycles. The summed E-state index contributed by atoms with van der Waals surface area (Å²) in [6.07, 6.45) is 4.39. The molecule has 0 saturated heterocycles. The Kier molecular flexibility index (Phi) is 4.91. The van der Waals surface area contributed by atoms with Crippen LogP contribution in [0.25, 0.3) is 5.69 Å². The highest BCUT2D eigenvalue weighted by Gasteiger charge is 2.12. The summed E-state index contributed by atoms with van der Waals surface area (Å²) in [6, 6.07) is 15.1. The van der Waals surface area contributed by atoms with Crippen molar-refractivity contribution in [2.24, 2.45) is 0 Å². The zero-order valence-corrected chi connectivity index (χ0v) is 14.7. The average molecular weight is 364 g/mol. The van der Waals surface area contributed by atoms with Crippen LogP contribution < -0.4 is 20.1 Å². The second-order valence-electron chi connectivity index (χ2n) is 6.11. The van der Waals surface area contributed by atoms with Gasteiger partial charge in [0.05, 0.1) is 5.69 Å². The van der Waals surface area contributed by atoms with E-state index in [1.54, 1.807) is 24.4 Å². The first-order valence-corrected chi connectivity index (χ1v) is 8.81. The quantitative estimate of drug-likeness (QED) is 0.730. The number of rotatable bonds is 5. The van der Waals surface area contributed by atoms with E-state index in [4.69, 9.17) is 9.47 Å². The zero-order chi connectivity index (χ0) is 18.5. The normalized spacial score (nSPS) is 12.4. The minimum Gasteiger partial charge on any atom is -0.486 e. The number of aromatic nitrogens is 2. The first-order valence-electron chi connectivity index (χ1n) is 8.81. The molecule has 1 aromatic heterocycles. The van der Waals surface area contributed by atoms with Crippen LogP contribution in [0.3, 0.4) is 0 Å². The smallest absolute Gasteiger partial charge is 0.319 e. The molecule has 0 saturated carbocycles. The second-order valence-corrected chi connectivity index (χ2v) is 6.11. The van der Waals surface area contributed by atoms with Crippen LogP contribution in [0.5, 0.6) is 11.5 Å². The van der Waals surface area contributed by atoms with Gasteiger partial charge < -0.3 is 20.1 Å². The molecule has 27 heavy (non-hydrogen) atoms. The van der Waals surface area contributed by atoms with E-state index in [1.165, 1.54) is 0 Å². The summed E-state index contributed by atoms with van der Waals surface area (Å²) in [5.41, 5.74) is 2.82. The van der Waals surface area contributed by atoms with Gasteiger partial charge in [-0.05, 0) is 42.3 Å². The average Bonchev–Trinajstić information content (AvgIpc) is 3.23. The predicted octanol–water partition coefficient (Wildman–Crippen LogP) is 3.01. The number of nitrogens with one attached hydrogen (secondary N) is 2. The molecule has 0 bridgehead atoms. The number of amides is 2. The molecule has 1 aliphatic rings. The Morgan fingerprint density at radius 2 is 1.89 bits per heavy atom. The molecular weight excluding hydrogens is 344 g/mol. The van der Waals surface area contributed by atoms with E-state index >= 15 is 0 Å². The maximum atomic E-state index is 12.1. The maximum absolute atomic E-state index is 12.1. The number of benzene rings is 2. The van der Waals surface area contributed by atoms with Gasteiger partial charge in [0.1, 0.15) is 13.2 Å². The van der Waals surface area contributed by atoms with Gasteiger partial charge in [0, 0.05) is 30.7 Å². The van der Waals surface area contributed by atoms with Gasteiger partial charge in [0.25, 0.3) is 0 Å². The van der Waals surface area contributed by atoms with Crippen LogP contribution in [-0.4, -0.2) is 35.6 Å². The van der Waals surface area contributed by atoms with E-state index in [0.29, 0.717) is 36.9 Å². The molecule has 0 spiro atoms. The van der Waals surface area contributed by atoms with Gasteiger partial charge in [0.2, 0.25) is 0 Å². The van der Waals surface area contributed by atoms with Gasteiger partial charge in [0.15, 0.2) is 11.5 Å². The number of nitrogens with zero attached hydrogens (tertiary/aromatic N) is 2. The number of hydrogen-bond acceptors (Lipinski definition) is 4. The van der Waals surface area contributed by atoms with Gasteiger partial charge >= 0.3 is 6.03 Å². The van der Waals surface area contributed by atoms with Crippen molar-refractivity contribution < 1.29 is 14.3 Å². The van der Waals surface area contributed by atoms with Crippen LogP contribution in [0, 0.1) is 0 Å². The number of carbonyl (C=O) groups excluding carboxylic acids is 1. The SMILES string of the molecule is O=C(NCCc1ccc(-n2cccn2)cc1)Nc1ccc2c(c1)OCCO2. The van der Waals surface area contributed by atoms with Crippen LogP contribution in [0.1, 0.15) is 5.56 Å². The third-order valence-electron chi connectivity index (χ3n) is 4.20. The van der Waals surface area contributed by atoms with E-state index in [1.807, 2.05) is 41.2 Å². The molecule has 7 heteroatoms. The van der Waals surface area contributed by atoms with Crippen molar-refractivity contribution in [1.29, 1.82) is 0 Å². The lowest BCUT2D eigenvalue weighted by molar-refractivity contribution is 0.171. The van der Waals surface area contributed by atoms with Crippen LogP contribution >= 0.6 is 0 Å². The molecule has 2 amide bonds. The van der Waals surface area contributed by atoms with Crippen molar-refractivity contribution in [2.45, 2.75) is 6.42 Å². The van der Waals surface area contributed by atoms with Gasteiger partial charge in [-0.15, -0.1) is 0 Å². The number of ether oxygens (including phenoxy) is 2. The largest absolute Gasteiger partial charge is 0.486 e. The Morgan fingerprint density at radius 1 is 1.07 bits per heavy atom. The van der Waals surface area contributed by atoms with E-state index < -0.39 is 0 Å². The van der Waals surface area contributed by atoms with E-state index in [2.05, 4.69) is 15.7 Å². The highest BCUT2D eigenvalue weighted by atomic mass is 16.6. The summed E-state index contributed by atoms with van der Waals surface area (Å²) in [5, 5.41) is 9.87. The summed E-state index contributed by atoms with van der Waals surface area (Å²) in [5.74, 6) is 1.35. The van der Waals surface area contributed by atoms with Crippen molar-refractivity contribution in [3.63, 3.8) is 0 Å². The summed E-state index contributed by atoms with van der Waals surface area (Å²) < 4.78 is 12.8. The summed E-state index contributed by atoms with van der Waals surface area (Å²) in [7, 11) is 0. The number of urea groups is 1. The van der Waals surface area contributed by atoms with Crippen LogP contribution in [-0.2, 0) is 6.42 Å². The van der Waals surface area contributed by atoms with E-state index in [9.17, 15) is 4.79 Å². The third-order valence-corrected chi connectivity index (χ3v) is 4.20. The van der Waals surface area contributed by atoms with Crippen LogP contribution in [0.15, 0.2) is 60.9 Å². The molecule has 138 valence electrons. The molecule has 0 radical (unpaired) electrons. The molecule has 3 aromatic rings. The minimum absolute atomic E-state index is 0.250. The van der Waals surface area contributed by atoms with E-state index in [-0.39, 0.29) is 6.03 Å². The summed E-state index contributed by atoms with van der Waals surface area (Å²) in [4.78, 5) is 12.1. The summed E-state index contributed by atoms with van der Waals surface area (Å²) >= 11 is 0. The third kappa shape index (κ3) is 4.20. The van der Waals surface area contributed by atoms with Gasteiger partial charge in [-0.1, -0.05) is 12.1 Å². The fourth-order valence-electron chi connectivity index (χ4n) is 2.85. The van der Waals surface area contributed by atoms with E-state index in [0.717, 1.165) is 17.7 Å². The molecule has 0 unspecified atom stereocenters. The lowest BCUT2D eigenvalue weighted by Crippen LogP contribution is -2.30. The zero-order valence-electron chi connectivity index (χ0n) is 14.7. The Labute approximate surface area is 156 Å². The van der Waals surface area contributed by atoms with Gasteiger partial charge in [-0.2, -0.15) is 5.10 Å². The minimum atomic E-state index is -0.250. The molecule has 7 nitrogen and oxygen atoms in total. The molecule has 4 rings (SSSR count). The standard InChI is InChI=1S/C20H20N4O3/c25-20(23-16-4-7-18-19(14-16)27-13-12-26-18)21-10-8-15-2-5-17(6-3-15)24-11-1-9-22-24/h1-7,9,11,14H,8,10,12-13H2,(H2,21,23,25).